The van der Waals surface area contributed by atoms with Crippen LogP contribution in [0.1, 0.15) is 21.7 Å². The quantitative estimate of drug-likeness (QED) is 0.725. The Hall–Kier alpha value is -3.48. The molecule has 0 fully saturated rings. The van der Waals surface area contributed by atoms with Crippen LogP contribution in [0.25, 0.3) is 5.69 Å². The van der Waals surface area contributed by atoms with Gasteiger partial charge in [-0.05, 0) is 23.8 Å². The number of fused-ring (bicyclic) bond motifs is 1. The molecule has 1 amide bonds. The molecule has 0 bridgehead atoms. The van der Waals surface area contributed by atoms with Crippen molar-refractivity contribution in [1.29, 1.82) is 0 Å². The second-order valence-electron chi connectivity index (χ2n) is 5.93. The van der Waals surface area contributed by atoms with Crippen molar-refractivity contribution in [2.75, 3.05) is 0 Å². The van der Waals surface area contributed by atoms with Gasteiger partial charge in [0.05, 0.1) is 12.1 Å². The summed E-state index contributed by atoms with van der Waals surface area (Å²) in [4.78, 5) is 24.5. The number of nitrogens with one attached hydrogen (secondary N) is 1. The highest BCUT2D eigenvalue weighted by atomic mass is 16.5. The van der Waals surface area contributed by atoms with Gasteiger partial charge in [-0.1, -0.05) is 36.4 Å². The molecule has 0 saturated heterocycles. The van der Waals surface area contributed by atoms with Crippen molar-refractivity contribution < 1.29 is 14.3 Å². The lowest BCUT2D eigenvalue weighted by Gasteiger charge is -2.23. The van der Waals surface area contributed by atoms with Crippen molar-refractivity contribution >= 4 is 11.9 Å². The lowest BCUT2D eigenvalue weighted by atomic mass is 9.98. The first-order valence-corrected chi connectivity index (χ1v) is 8.23. The molecule has 4 rings (SSSR count). The summed E-state index contributed by atoms with van der Waals surface area (Å²) in [7, 11) is 0. The van der Waals surface area contributed by atoms with Crippen LogP contribution in [0, 0.1) is 0 Å². The topological polar surface area (TPSA) is 86.1 Å². The number of aromatic nitrogens is 3. The highest BCUT2D eigenvalue weighted by molar-refractivity contribution is 5.95. The number of esters is 1. The molecule has 1 N–H and O–H groups in total. The first-order valence-electron chi connectivity index (χ1n) is 8.23. The van der Waals surface area contributed by atoms with Gasteiger partial charge in [-0.25, -0.2) is 4.79 Å². The van der Waals surface area contributed by atoms with E-state index in [4.69, 9.17) is 4.74 Å². The van der Waals surface area contributed by atoms with Crippen LogP contribution in [0.15, 0.2) is 60.9 Å². The Morgan fingerprint density at radius 2 is 1.92 bits per heavy atom. The van der Waals surface area contributed by atoms with Crippen LogP contribution in [0.2, 0.25) is 0 Å². The zero-order chi connectivity index (χ0) is 17.9. The van der Waals surface area contributed by atoms with Gasteiger partial charge in [0.1, 0.15) is 6.33 Å². The molecule has 0 radical (unpaired) electrons. The van der Waals surface area contributed by atoms with Gasteiger partial charge >= 0.3 is 5.97 Å². The van der Waals surface area contributed by atoms with Gasteiger partial charge in [0.2, 0.25) is 0 Å². The third-order valence-electron chi connectivity index (χ3n) is 4.26. The van der Waals surface area contributed by atoms with E-state index in [1.807, 2.05) is 42.5 Å². The fraction of sp³-hybridized carbons (Fsp3) is 0.158. The van der Waals surface area contributed by atoms with E-state index in [1.165, 1.54) is 0 Å². The van der Waals surface area contributed by atoms with E-state index in [0.717, 1.165) is 11.3 Å². The normalized spacial score (nSPS) is 15.8. The number of benzene rings is 2. The number of rotatable bonds is 4. The van der Waals surface area contributed by atoms with Gasteiger partial charge < -0.3 is 10.1 Å². The number of carbonyl (C=O) groups excluding carboxylic acids is 2. The largest absolute Gasteiger partial charge is 0.448 e. The Bertz CT molecular complexity index is 952. The minimum absolute atomic E-state index is 0.184. The van der Waals surface area contributed by atoms with Crippen LogP contribution in [0.5, 0.6) is 0 Å². The fourth-order valence-electron chi connectivity index (χ4n) is 2.94. The minimum Gasteiger partial charge on any atom is -0.448 e. The van der Waals surface area contributed by atoms with Crippen LogP contribution < -0.4 is 5.32 Å². The molecule has 7 heteroatoms. The van der Waals surface area contributed by atoms with E-state index in [1.54, 1.807) is 23.0 Å². The van der Waals surface area contributed by atoms with Crippen LogP contribution in [0.4, 0.5) is 0 Å². The van der Waals surface area contributed by atoms with Gasteiger partial charge in [0.25, 0.3) is 5.91 Å². The molecule has 1 aliphatic rings. The van der Waals surface area contributed by atoms with E-state index in [9.17, 15) is 9.59 Å². The molecular weight excluding hydrogens is 332 g/mol. The van der Waals surface area contributed by atoms with E-state index in [2.05, 4.69) is 15.5 Å². The van der Waals surface area contributed by atoms with Crippen LogP contribution in [0.3, 0.4) is 0 Å². The second-order valence-corrected chi connectivity index (χ2v) is 5.93. The van der Waals surface area contributed by atoms with Crippen molar-refractivity contribution in [1.82, 2.24) is 20.1 Å². The number of cyclic esters (lactones) is 1. The third-order valence-corrected chi connectivity index (χ3v) is 4.26. The van der Waals surface area contributed by atoms with Gasteiger partial charge in [-0.15, -0.1) is 10.2 Å². The van der Waals surface area contributed by atoms with Crippen LogP contribution in [-0.2, 0) is 22.5 Å². The summed E-state index contributed by atoms with van der Waals surface area (Å²) in [6.45, 7) is 0.184. The molecule has 3 aromatic rings. The SMILES string of the molecule is O=C1O[C@H](C(=O)NCc2nncn2-c2ccccc2)Cc2ccccc21. The molecule has 7 nitrogen and oxygen atoms in total. The minimum atomic E-state index is -0.842. The van der Waals surface area contributed by atoms with E-state index in [-0.39, 0.29) is 12.5 Å². The first-order chi connectivity index (χ1) is 12.7. The Balaban J connectivity index is 1.45. The predicted molar refractivity (Wildman–Crippen MR) is 92.6 cm³/mol. The summed E-state index contributed by atoms with van der Waals surface area (Å²) in [5.74, 6) is -0.234. The second kappa shape index (κ2) is 6.79. The Morgan fingerprint density at radius 1 is 1.15 bits per heavy atom. The number of nitrogens with zero attached hydrogens (tertiary/aromatic N) is 3. The van der Waals surface area contributed by atoms with Gasteiger partial charge in [-0.2, -0.15) is 0 Å². The van der Waals surface area contributed by atoms with Gasteiger partial charge in [0, 0.05) is 12.1 Å². The maximum Gasteiger partial charge on any atom is 0.339 e. The number of ether oxygens (including phenoxy) is 1. The summed E-state index contributed by atoms with van der Waals surface area (Å²) in [6, 6.07) is 16.8. The average molecular weight is 348 g/mol. The third kappa shape index (κ3) is 3.06. The number of hydrogen-bond donors (Lipinski definition) is 1. The molecular formula is C19H16N4O3. The van der Waals surface area contributed by atoms with Crippen molar-refractivity contribution in [3.8, 4) is 5.69 Å². The zero-order valence-corrected chi connectivity index (χ0v) is 13.8. The molecule has 26 heavy (non-hydrogen) atoms. The summed E-state index contributed by atoms with van der Waals surface area (Å²) in [6.07, 6.45) is 1.11. The molecule has 0 saturated carbocycles. The zero-order valence-electron chi connectivity index (χ0n) is 13.8. The highest BCUT2D eigenvalue weighted by Crippen LogP contribution is 2.20. The standard InChI is InChI=1S/C19H16N4O3/c24-18(16-10-13-6-4-5-9-15(13)19(25)26-16)20-11-17-22-21-12-23(17)14-7-2-1-3-8-14/h1-9,12,16H,10-11H2,(H,20,24)/t16-/m0/s1. The molecule has 1 aliphatic heterocycles. The summed E-state index contributed by atoms with van der Waals surface area (Å²) < 4.78 is 7.06. The van der Waals surface area contributed by atoms with Crippen molar-refractivity contribution in [3.05, 3.63) is 77.9 Å². The number of hydrogen-bond acceptors (Lipinski definition) is 5. The van der Waals surface area contributed by atoms with E-state index < -0.39 is 12.1 Å². The predicted octanol–water partition coefficient (Wildman–Crippen LogP) is 1.67. The number of para-hydroxylation sites is 1. The van der Waals surface area contributed by atoms with Crippen molar-refractivity contribution in [2.45, 2.75) is 19.1 Å². The summed E-state index contributed by atoms with van der Waals surface area (Å²) in [5, 5.41) is 10.7. The Morgan fingerprint density at radius 3 is 2.77 bits per heavy atom. The molecule has 1 aromatic heterocycles. The molecule has 0 unspecified atom stereocenters. The molecule has 0 spiro atoms. The molecule has 0 aliphatic carbocycles. The van der Waals surface area contributed by atoms with Crippen molar-refractivity contribution in [3.63, 3.8) is 0 Å². The van der Waals surface area contributed by atoms with Gasteiger partial charge in [-0.3, -0.25) is 9.36 Å². The smallest absolute Gasteiger partial charge is 0.339 e. The Labute approximate surface area is 149 Å². The van der Waals surface area contributed by atoms with Gasteiger partial charge in [0.15, 0.2) is 11.9 Å². The molecule has 2 heterocycles. The maximum atomic E-state index is 12.5. The van der Waals surface area contributed by atoms with Crippen LogP contribution >= 0.6 is 0 Å². The fourth-order valence-corrected chi connectivity index (χ4v) is 2.94. The first kappa shape index (κ1) is 16.0. The highest BCUT2D eigenvalue weighted by Gasteiger charge is 2.31. The number of carbonyl (C=O) groups is 2. The Kier molecular flexibility index (Phi) is 4.18. The van der Waals surface area contributed by atoms with Crippen molar-refractivity contribution in [2.24, 2.45) is 0 Å². The summed E-state index contributed by atoms with van der Waals surface area (Å²) in [5.41, 5.74) is 2.23. The molecule has 1 atom stereocenters. The molecule has 130 valence electrons. The molecule has 2 aromatic carbocycles. The maximum absolute atomic E-state index is 12.5. The summed E-state index contributed by atoms with van der Waals surface area (Å²) >= 11 is 0. The number of amides is 1. The van der Waals surface area contributed by atoms with E-state index >= 15 is 0 Å². The monoisotopic (exact) mass is 348 g/mol. The average Bonchev–Trinajstić information content (AvgIpc) is 3.15. The van der Waals surface area contributed by atoms with E-state index in [0.29, 0.717) is 17.8 Å². The lowest BCUT2D eigenvalue weighted by molar-refractivity contribution is -0.130. The lowest BCUT2D eigenvalue weighted by Crippen LogP contribution is -2.41. The van der Waals surface area contributed by atoms with Crippen LogP contribution in [-0.4, -0.2) is 32.7 Å².